The lowest BCUT2D eigenvalue weighted by Gasteiger charge is -2.03. The first-order chi connectivity index (χ1) is 8.20. The van der Waals surface area contributed by atoms with Crippen LogP contribution in [0.5, 0.6) is 0 Å². The molecule has 1 heterocycles. The lowest BCUT2D eigenvalue weighted by atomic mass is 10.2. The molecular weight excluding hydrogens is 222 g/mol. The van der Waals surface area contributed by atoms with Crippen LogP contribution in [-0.2, 0) is 6.61 Å². The molecule has 17 heavy (non-hydrogen) atoms. The number of aromatic nitrogens is 1. The second-order valence-electron chi connectivity index (χ2n) is 3.70. The Labute approximate surface area is 100 Å². The van der Waals surface area contributed by atoms with E-state index >= 15 is 0 Å². The van der Waals surface area contributed by atoms with Crippen LogP contribution in [0.3, 0.4) is 0 Å². The summed E-state index contributed by atoms with van der Waals surface area (Å²) in [6, 6.07) is 0. The number of aliphatic hydroxyl groups is 1. The molecule has 0 fully saturated rings. The fraction of sp³-hybridized carbons (Fsp3) is 0.636. The van der Waals surface area contributed by atoms with E-state index in [2.05, 4.69) is 15.8 Å². The smallest absolute Gasteiger partial charge is 0.273 e. The highest BCUT2D eigenvalue weighted by Gasteiger charge is 2.17. The molecule has 0 saturated heterocycles. The molecule has 1 rings (SSSR count). The highest BCUT2D eigenvalue weighted by Crippen LogP contribution is 2.12. The van der Waals surface area contributed by atoms with Gasteiger partial charge < -0.3 is 20.3 Å². The molecule has 0 aliphatic carbocycles. The van der Waals surface area contributed by atoms with Crippen LogP contribution in [0.4, 0.5) is 0 Å². The molecule has 1 aromatic heterocycles. The second-order valence-corrected chi connectivity index (χ2v) is 3.70. The van der Waals surface area contributed by atoms with Crippen LogP contribution in [0.1, 0.15) is 35.2 Å². The lowest BCUT2D eigenvalue weighted by Crippen LogP contribution is -2.28. The molecule has 0 aliphatic heterocycles. The summed E-state index contributed by atoms with van der Waals surface area (Å²) in [4.78, 5) is 11.7. The van der Waals surface area contributed by atoms with Crippen molar-refractivity contribution in [2.24, 2.45) is 0 Å². The summed E-state index contributed by atoms with van der Waals surface area (Å²) in [5.41, 5.74) is 0.842. The van der Waals surface area contributed by atoms with E-state index in [1.54, 1.807) is 6.92 Å². The standard InChI is InChI=1S/C11H19N3O3/c1-3-12-5-4-6-13-11(16)10-8(2)9(7-15)17-14-10/h12,15H,3-7H2,1-2H3,(H,13,16). The van der Waals surface area contributed by atoms with E-state index in [1.165, 1.54) is 0 Å². The minimum atomic E-state index is -0.262. The van der Waals surface area contributed by atoms with Gasteiger partial charge in [-0.05, 0) is 26.4 Å². The second kappa shape index (κ2) is 7.03. The average molecular weight is 241 g/mol. The largest absolute Gasteiger partial charge is 0.388 e. The Balaban J connectivity index is 2.39. The van der Waals surface area contributed by atoms with E-state index in [9.17, 15) is 4.79 Å². The number of hydrogen-bond donors (Lipinski definition) is 3. The monoisotopic (exact) mass is 241 g/mol. The SMILES string of the molecule is CCNCCCNC(=O)c1noc(CO)c1C. The predicted molar refractivity (Wildman–Crippen MR) is 62.7 cm³/mol. The molecule has 0 atom stereocenters. The van der Waals surface area contributed by atoms with E-state index in [-0.39, 0.29) is 18.2 Å². The molecule has 96 valence electrons. The van der Waals surface area contributed by atoms with Crippen LogP contribution in [-0.4, -0.2) is 35.8 Å². The third-order valence-electron chi connectivity index (χ3n) is 2.45. The number of carbonyl (C=O) groups excluding carboxylic acids is 1. The normalized spacial score (nSPS) is 10.5. The third-order valence-corrected chi connectivity index (χ3v) is 2.45. The molecule has 0 aliphatic rings. The van der Waals surface area contributed by atoms with Gasteiger partial charge in [0.1, 0.15) is 6.61 Å². The van der Waals surface area contributed by atoms with Crippen LogP contribution >= 0.6 is 0 Å². The molecule has 0 spiro atoms. The zero-order valence-electron chi connectivity index (χ0n) is 10.2. The Kier molecular flexibility index (Phi) is 5.65. The Hall–Kier alpha value is -1.40. The van der Waals surface area contributed by atoms with Gasteiger partial charge in [-0.15, -0.1) is 0 Å². The first kappa shape index (κ1) is 13.7. The van der Waals surface area contributed by atoms with Gasteiger partial charge in [0, 0.05) is 12.1 Å². The third kappa shape index (κ3) is 3.83. The number of carbonyl (C=O) groups is 1. The van der Waals surface area contributed by atoms with Crippen molar-refractivity contribution >= 4 is 5.91 Å². The van der Waals surface area contributed by atoms with Crippen LogP contribution in [0.2, 0.25) is 0 Å². The molecule has 1 amide bonds. The van der Waals surface area contributed by atoms with Crippen molar-refractivity contribution in [2.75, 3.05) is 19.6 Å². The minimum Gasteiger partial charge on any atom is -0.388 e. The summed E-state index contributed by atoms with van der Waals surface area (Å²) in [7, 11) is 0. The molecule has 6 nitrogen and oxygen atoms in total. The number of rotatable bonds is 7. The van der Waals surface area contributed by atoms with E-state index in [0.29, 0.717) is 17.9 Å². The van der Waals surface area contributed by atoms with Gasteiger partial charge in [-0.1, -0.05) is 12.1 Å². The summed E-state index contributed by atoms with van der Waals surface area (Å²) in [6.45, 7) is 5.88. The van der Waals surface area contributed by atoms with Gasteiger partial charge in [-0.25, -0.2) is 0 Å². The number of hydrogen-bond acceptors (Lipinski definition) is 5. The maximum absolute atomic E-state index is 11.7. The van der Waals surface area contributed by atoms with E-state index in [4.69, 9.17) is 9.63 Å². The summed E-state index contributed by atoms with van der Waals surface area (Å²) in [5, 5.41) is 18.5. The van der Waals surface area contributed by atoms with Gasteiger partial charge >= 0.3 is 0 Å². The molecule has 6 heteroatoms. The number of nitrogens with one attached hydrogen (secondary N) is 2. The van der Waals surface area contributed by atoms with Gasteiger partial charge in [0.2, 0.25) is 0 Å². The van der Waals surface area contributed by atoms with Crippen molar-refractivity contribution in [1.29, 1.82) is 0 Å². The van der Waals surface area contributed by atoms with Gasteiger partial charge in [0.25, 0.3) is 5.91 Å². The molecule has 0 unspecified atom stereocenters. The maximum atomic E-state index is 11.7. The first-order valence-corrected chi connectivity index (χ1v) is 5.75. The average Bonchev–Trinajstić information content (AvgIpc) is 2.70. The Morgan fingerprint density at radius 3 is 2.82 bits per heavy atom. The first-order valence-electron chi connectivity index (χ1n) is 5.75. The van der Waals surface area contributed by atoms with Crippen molar-refractivity contribution in [1.82, 2.24) is 15.8 Å². The zero-order chi connectivity index (χ0) is 12.7. The van der Waals surface area contributed by atoms with Crippen molar-refractivity contribution in [3.05, 3.63) is 17.0 Å². The zero-order valence-corrected chi connectivity index (χ0v) is 10.2. The summed E-state index contributed by atoms with van der Waals surface area (Å²) < 4.78 is 4.84. The highest BCUT2D eigenvalue weighted by molar-refractivity contribution is 5.93. The molecule has 0 aromatic carbocycles. The van der Waals surface area contributed by atoms with Crippen molar-refractivity contribution in [2.45, 2.75) is 26.9 Å². The lowest BCUT2D eigenvalue weighted by molar-refractivity contribution is 0.0943. The summed E-state index contributed by atoms with van der Waals surface area (Å²) >= 11 is 0. The fourth-order valence-electron chi connectivity index (χ4n) is 1.40. The Bertz CT molecular complexity index is 363. The number of amides is 1. The molecule has 3 N–H and O–H groups in total. The fourth-order valence-corrected chi connectivity index (χ4v) is 1.40. The summed E-state index contributed by atoms with van der Waals surface area (Å²) in [6.07, 6.45) is 0.864. The topological polar surface area (TPSA) is 87.4 Å². The van der Waals surface area contributed by atoms with Gasteiger partial charge in [0.05, 0.1) is 0 Å². The quantitative estimate of drug-likeness (QED) is 0.594. The van der Waals surface area contributed by atoms with Gasteiger partial charge in [-0.3, -0.25) is 4.79 Å². The maximum Gasteiger partial charge on any atom is 0.273 e. The molecule has 0 saturated carbocycles. The van der Waals surface area contributed by atoms with Crippen molar-refractivity contribution in [3.8, 4) is 0 Å². The van der Waals surface area contributed by atoms with Crippen LogP contribution in [0, 0.1) is 6.92 Å². The van der Waals surface area contributed by atoms with Gasteiger partial charge in [0.15, 0.2) is 11.5 Å². The Morgan fingerprint density at radius 1 is 1.47 bits per heavy atom. The molecule has 1 aromatic rings. The van der Waals surface area contributed by atoms with Crippen LogP contribution in [0.25, 0.3) is 0 Å². The number of nitrogens with zero attached hydrogens (tertiary/aromatic N) is 1. The van der Waals surface area contributed by atoms with Gasteiger partial charge in [-0.2, -0.15) is 0 Å². The van der Waals surface area contributed by atoms with Crippen LogP contribution in [0.15, 0.2) is 4.52 Å². The van der Waals surface area contributed by atoms with E-state index in [1.807, 2.05) is 6.92 Å². The highest BCUT2D eigenvalue weighted by atomic mass is 16.5. The molecule has 0 bridgehead atoms. The van der Waals surface area contributed by atoms with Crippen molar-refractivity contribution < 1.29 is 14.4 Å². The molecular formula is C11H19N3O3. The van der Waals surface area contributed by atoms with E-state index < -0.39 is 0 Å². The Morgan fingerprint density at radius 2 is 2.24 bits per heavy atom. The minimum absolute atomic E-state index is 0.244. The summed E-state index contributed by atoms with van der Waals surface area (Å²) in [5.74, 6) is 0.0743. The van der Waals surface area contributed by atoms with Crippen molar-refractivity contribution in [3.63, 3.8) is 0 Å². The molecule has 0 radical (unpaired) electrons. The number of aliphatic hydroxyl groups excluding tert-OH is 1. The predicted octanol–water partition coefficient (Wildman–Crippen LogP) is 0.205. The van der Waals surface area contributed by atoms with E-state index in [0.717, 1.165) is 19.5 Å². The van der Waals surface area contributed by atoms with Crippen LogP contribution < -0.4 is 10.6 Å².